The third-order valence-corrected chi connectivity index (χ3v) is 3.48. The average Bonchev–Trinajstić information content (AvgIpc) is 2.42. The van der Waals surface area contributed by atoms with E-state index >= 15 is 0 Å². The van der Waals surface area contributed by atoms with Gasteiger partial charge in [-0.15, -0.1) is 0 Å². The maximum atomic E-state index is 9.78. The number of aliphatic hydroxyl groups is 6. The summed E-state index contributed by atoms with van der Waals surface area (Å²) in [5, 5.41) is 56.9. The van der Waals surface area contributed by atoms with Gasteiger partial charge in [-0.25, -0.2) is 0 Å². The minimum Gasteiger partial charge on any atom is -0.394 e. The Bertz CT molecular complexity index is 312. The number of rotatable bonds is 3. The van der Waals surface area contributed by atoms with Gasteiger partial charge in [0.25, 0.3) is 0 Å². The fourth-order valence-electron chi connectivity index (χ4n) is 2.23. The van der Waals surface area contributed by atoms with E-state index in [-0.39, 0.29) is 13.0 Å². The molecule has 0 bridgehead atoms. The second kappa shape index (κ2) is 6.60. The molecule has 9 nitrogen and oxygen atoms in total. The normalized spacial score (nSPS) is 50.1. The predicted octanol–water partition coefficient (Wildman–Crippen LogP) is -3.73. The molecule has 2 heterocycles. The van der Waals surface area contributed by atoms with Crippen molar-refractivity contribution in [3.63, 3.8) is 0 Å². The van der Waals surface area contributed by atoms with Crippen LogP contribution in [0.3, 0.4) is 0 Å². The van der Waals surface area contributed by atoms with Gasteiger partial charge in [0.15, 0.2) is 12.6 Å². The topological polar surface area (TPSA) is 149 Å². The second-order valence-corrected chi connectivity index (χ2v) is 4.96. The molecule has 0 amide bonds. The third kappa shape index (κ3) is 3.27. The largest absolute Gasteiger partial charge is 0.394 e. The summed E-state index contributed by atoms with van der Waals surface area (Å²) in [6.45, 7) is -0.676. The molecule has 2 saturated heterocycles. The number of hydrogen-bond donors (Lipinski definition) is 6. The molecule has 0 aromatic rings. The fraction of sp³-hybridized carbons (Fsp3) is 1.00. The molecule has 2 aliphatic heterocycles. The highest BCUT2D eigenvalue weighted by atomic mass is 16.7. The minimum absolute atomic E-state index is 0.0535. The first-order valence-electron chi connectivity index (χ1n) is 6.37. The first-order chi connectivity index (χ1) is 9.43. The Morgan fingerprint density at radius 3 is 2.30 bits per heavy atom. The first-order valence-corrected chi connectivity index (χ1v) is 6.37. The quantitative estimate of drug-likeness (QED) is 0.309. The van der Waals surface area contributed by atoms with Gasteiger partial charge in [0, 0.05) is 6.42 Å². The van der Waals surface area contributed by atoms with Crippen molar-refractivity contribution in [1.29, 1.82) is 0 Å². The summed E-state index contributed by atoms with van der Waals surface area (Å²) >= 11 is 0. The van der Waals surface area contributed by atoms with Crippen molar-refractivity contribution in [1.82, 2.24) is 0 Å². The van der Waals surface area contributed by atoms with E-state index in [0.29, 0.717) is 0 Å². The lowest BCUT2D eigenvalue weighted by Crippen LogP contribution is -2.60. The van der Waals surface area contributed by atoms with Gasteiger partial charge in [-0.05, 0) is 0 Å². The van der Waals surface area contributed by atoms with Crippen molar-refractivity contribution >= 4 is 0 Å². The van der Waals surface area contributed by atoms with Crippen LogP contribution in [-0.4, -0.2) is 93.1 Å². The molecule has 9 heteroatoms. The molecule has 2 fully saturated rings. The van der Waals surface area contributed by atoms with Gasteiger partial charge in [0.1, 0.15) is 30.5 Å². The molecule has 6 N–H and O–H groups in total. The van der Waals surface area contributed by atoms with Crippen LogP contribution in [-0.2, 0) is 14.2 Å². The molecule has 0 saturated carbocycles. The Hall–Kier alpha value is -0.360. The molecule has 0 aromatic carbocycles. The van der Waals surface area contributed by atoms with Crippen molar-refractivity contribution in [3.8, 4) is 0 Å². The average molecular weight is 296 g/mol. The Labute approximate surface area is 114 Å². The summed E-state index contributed by atoms with van der Waals surface area (Å²) < 4.78 is 15.4. The molecule has 0 aliphatic carbocycles. The molecule has 2 rings (SSSR count). The van der Waals surface area contributed by atoms with Crippen molar-refractivity contribution in [3.05, 3.63) is 0 Å². The summed E-state index contributed by atoms with van der Waals surface area (Å²) in [4.78, 5) is 0. The fourth-order valence-corrected chi connectivity index (χ4v) is 2.23. The maximum Gasteiger partial charge on any atom is 0.187 e. The number of ether oxygens (including phenoxy) is 3. The van der Waals surface area contributed by atoms with Crippen LogP contribution >= 0.6 is 0 Å². The van der Waals surface area contributed by atoms with E-state index in [1.54, 1.807) is 0 Å². The van der Waals surface area contributed by atoms with Gasteiger partial charge < -0.3 is 44.8 Å². The lowest BCUT2D eigenvalue weighted by atomic mass is 9.99. The first kappa shape index (κ1) is 16.0. The second-order valence-electron chi connectivity index (χ2n) is 4.96. The van der Waals surface area contributed by atoms with Gasteiger partial charge in [0.2, 0.25) is 0 Å². The third-order valence-electron chi connectivity index (χ3n) is 3.48. The van der Waals surface area contributed by atoms with E-state index in [1.165, 1.54) is 0 Å². The zero-order chi connectivity index (χ0) is 14.9. The summed E-state index contributed by atoms with van der Waals surface area (Å²) in [6, 6.07) is 0. The van der Waals surface area contributed by atoms with Crippen LogP contribution in [0.1, 0.15) is 6.42 Å². The highest BCUT2D eigenvalue weighted by Crippen LogP contribution is 2.25. The number of aliphatic hydroxyl groups excluding tert-OH is 6. The van der Waals surface area contributed by atoms with Gasteiger partial charge >= 0.3 is 0 Å². The van der Waals surface area contributed by atoms with Gasteiger partial charge in [-0.1, -0.05) is 0 Å². The smallest absolute Gasteiger partial charge is 0.187 e. The van der Waals surface area contributed by atoms with Crippen LogP contribution in [0.2, 0.25) is 0 Å². The molecular formula is C11H20O9. The molecule has 0 aromatic heterocycles. The van der Waals surface area contributed by atoms with Gasteiger partial charge in [-0.3, -0.25) is 0 Å². The highest BCUT2D eigenvalue weighted by molar-refractivity contribution is 4.90. The minimum atomic E-state index is -1.54. The van der Waals surface area contributed by atoms with E-state index in [4.69, 9.17) is 19.3 Å². The monoisotopic (exact) mass is 296 g/mol. The van der Waals surface area contributed by atoms with E-state index in [0.717, 1.165) is 0 Å². The van der Waals surface area contributed by atoms with Gasteiger partial charge in [-0.2, -0.15) is 0 Å². The van der Waals surface area contributed by atoms with Crippen LogP contribution < -0.4 is 0 Å². The van der Waals surface area contributed by atoms with E-state index in [2.05, 4.69) is 0 Å². The Morgan fingerprint density at radius 1 is 1.00 bits per heavy atom. The summed E-state index contributed by atoms with van der Waals surface area (Å²) in [5.74, 6) is 0. The molecule has 0 spiro atoms. The SMILES string of the molecule is OCC1OC(OC2COC(O)CC2O)C(O)C(O)C1O. The lowest BCUT2D eigenvalue weighted by molar-refractivity contribution is -0.330. The Kier molecular flexibility index (Phi) is 5.29. The van der Waals surface area contributed by atoms with Crippen LogP contribution in [0, 0.1) is 0 Å². The molecular weight excluding hydrogens is 276 g/mol. The zero-order valence-electron chi connectivity index (χ0n) is 10.6. The number of hydrogen-bond acceptors (Lipinski definition) is 9. The van der Waals surface area contributed by atoms with Crippen molar-refractivity contribution < 1.29 is 44.8 Å². The van der Waals surface area contributed by atoms with E-state index < -0.39 is 55.8 Å². The molecule has 20 heavy (non-hydrogen) atoms. The highest BCUT2D eigenvalue weighted by Gasteiger charge is 2.45. The molecule has 2 aliphatic rings. The van der Waals surface area contributed by atoms with Crippen LogP contribution in [0.15, 0.2) is 0 Å². The molecule has 118 valence electrons. The standard InChI is InChI=1S/C11H20O9/c12-2-5-8(15)9(16)10(17)11(19-5)20-6-3-18-7(14)1-4(6)13/h4-17H,1-3H2. The summed E-state index contributed by atoms with van der Waals surface area (Å²) in [5.41, 5.74) is 0. The van der Waals surface area contributed by atoms with Crippen molar-refractivity contribution in [2.75, 3.05) is 13.2 Å². The van der Waals surface area contributed by atoms with E-state index in [9.17, 15) is 25.5 Å². The Balaban J connectivity index is 1.97. The predicted molar refractivity (Wildman–Crippen MR) is 61.2 cm³/mol. The molecule has 8 atom stereocenters. The van der Waals surface area contributed by atoms with Crippen molar-refractivity contribution in [2.24, 2.45) is 0 Å². The lowest BCUT2D eigenvalue weighted by Gasteiger charge is -2.42. The van der Waals surface area contributed by atoms with Crippen LogP contribution in [0.5, 0.6) is 0 Å². The summed E-state index contributed by atoms with van der Waals surface area (Å²) in [7, 11) is 0. The van der Waals surface area contributed by atoms with Gasteiger partial charge in [0.05, 0.1) is 19.3 Å². The maximum absolute atomic E-state index is 9.78. The van der Waals surface area contributed by atoms with Crippen LogP contribution in [0.4, 0.5) is 0 Å². The van der Waals surface area contributed by atoms with Crippen molar-refractivity contribution in [2.45, 2.75) is 55.6 Å². The molecule has 0 radical (unpaired) electrons. The zero-order valence-corrected chi connectivity index (χ0v) is 10.6. The van der Waals surface area contributed by atoms with E-state index in [1.807, 2.05) is 0 Å². The summed E-state index contributed by atoms with van der Waals surface area (Å²) in [6.07, 6.45) is -9.98. The molecule has 8 unspecified atom stereocenters. The Morgan fingerprint density at radius 2 is 1.70 bits per heavy atom. The van der Waals surface area contributed by atoms with Crippen LogP contribution in [0.25, 0.3) is 0 Å².